The SMILES string of the molecule is O=C(Cn1ncc2ccccc21)NCc1cc(-c2cccc(F)c2)no1. The Balaban J connectivity index is 1.39. The molecule has 1 amide bonds. The lowest BCUT2D eigenvalue weighted by molar-refractivity contribution is -0.122. The van der Waals surface area contributed by atoms with Crippen molar-refractivity contribution in [2.24, 2.45) is 0 Å². The molecule has 2 aromatic heterocycles. The molecule has 2 heterocycles. The molecule has 6 nitrogen and oxygen atoms in total. The molecule has 0 saturated carbocycles. The van der Waals surface area contributed by atoms with Crippen LogP contribution < -0.4 is 5.32 Å². The van der Waals surface area contributed by atoms with E-state index in [-0.39, 0.29) is 24.8 Å². The number of para-hydroxylation sites is 1. The highest BCUT2D eigenvalue weighted by Gasteiger charge is 2.10. The van der Waals surface area contributed by atoms with Gasteiger partial charge in [0.1, 0.15) is 18.1 Å². The van der Waals surface area contributed by atoms with Crippen LogP contribution in [0.1, 0.15) is 5.76 Å². The lowest BCUT2D eigenvalue weighted by Crippen LogP contribution is -2.27. The summed E-state index contributed by atoms with van der Waals surface area (Å²) in [5.74, 6) is -0.0442. The van der Waals surface area contributed by atoms with E-state index in [0.29, 0.717) is 17.0 Å². The summed E-state index contributed by atoms with van der Waals surface area (Å²) in [7, 11) is 0. The van der Waals surface area contributed by atoms with Crippen LogP contribution in [0.15, 0.2) is 65.3 Å². The van der Waals surface area contributed by atoms with Crippen molar-refractivity contribution in [2.45, 2.75) is 13.1 Å². The van der Waals surface area contributed by atoms with Crippen molar-refractivity contribution < 1.29 is 13.7 Å². The predicted octanol–water partition coefficient (Wildman–Crippen LogP) is 3.15. The number of hydrogen-bond acceptors (Lipinski definition) is 4. The standard InChI is InChI=1S/C19H15FN4O2/c20-15-6-3-5-13(8-15)17-9-16(26-23-17)11-21-19(25)12-24-18-7-2-1-4-14(18)10-22-24/h1-10H,11-12H2,(H,21,25). The molecule has 0 spiro atoms. The number of carbonyl (C=O) groups excluding carboxylic acids is 1. The fourth-order valence-electron chi connectivity index (χ4n) is 2.71. The van der Waals surface area contributed by atoms with E-state index < -0.39 is 0 Å². The van der Waals surface area contributed by atoms with Crippen molar-refractivity contribution in [2.75, 3.05) is 0 Å². The number of hydrogen-bond donors (Lipinski definition) is 1. The van der Waals surface area contributed by atoms with E-state index in [1.54, 1.807) is 29.1 Å². The summed E-state index contributed by atoms with van der Waals surface area (Å²) in [6, 6.07) is 15.5. The first kappa shape index (κ1) is 16.0. The number of benzene rings is 2. The van der Waals surface area contributed by atoms with Crippen molar-refractivity contribution in [1.82, 2.24) is 20.3 Å². The first-order valence-electron chi connectivity index (χ1n) is 8.08. The Morgan fingerprint density at radius 1 is 1.15 bits per heavy atom. The zero-order valence-corrected chi connectivity index (χ0v) is 13.7. The summed E-state index contributed by atoms with van der Waals surface area (Å²) in [6.45, 7) is 0.304. The normalized spacial score (nSPS) is 11.0. The summed E-state index contributed by atoms with van der Waals surface area (Å²) in [5, 5.41) is 11.9. The van der Waals surface area contributed by atoms with E-state index in [1.807, 2.05) is 24.3 Å². The number of rotatable bonds is 5. The van der Waals surface area contributed by atoms with E-state index in [9.17, 15) is 9.18 Å². The average Bonchev–Trinajstić information content (AvgIpc) is 3.28. The minimum Gasteiger partial charge on any atom is -0.359 e. The molecule has 0 radical (unpaired) electrons. The van der Waals surface area contributed by atoms with Gasteiger partial charge in [0, 0.05) is 17.0 Å². The molecule has 0 fully saturated rings. The third-order valence-electron chi connectivity index (χ3n) is 3.98. The number of amides is 1. The fourth-order valence-corrected chi connectivity index (χ4v) is 2.71. The van der Waals surface area contributed by atoms with Crippen molar-refractivity contribution in [3.8, 4) is 11.3 Å². The summed E-state index contributed by atoms with van der Waals surface area (Å²) in [4.78, 5) is 12.2. The highest BCUT2D eigenvalue weighted by atomic mass is 19.1. The third kappa shape index (κ3) is 3.32. The number of carbonyl (C=O) groups is 1. The highest BCUT2D eigenvalue weighted by Crippen LogP contribution is 2.19. The van der Waals surface area contributed by atoms with Crippen LogP contribution in [0.2, 0.25) is 0 Å². The first-order valence-corrected chi connectivity index (χ1v) is 8.08. The Labute approximate surface area is 148 Å². The predicted molar refractivity (Wildman–Crippen MR) is 93.5 cm³/mol. The van der Waals surface area contributed by atoms with E-state index in [1.165, 1.54) is 12.1 Å². The van der Waals surface area contributed by atoms with Gasteiger partial charge in [-0.3, -0.25) is 9.48 Å². The Kier molecular flexibility index (Phi) is 4.18. The summed E-state index contributed by atoms with van der Waals surface area (Å²) >= 11 is 0. The van der Waals surface area contributed by atoms with Crippen LogP contribution in [0.25, 0.3) is 22.2 Å². The molecule has 0 aliphatic heterocycles. The van der Waals surface area contributed by atoms with Crippen molar-refractivity contribution >= 4 is 16.8 Å². The molecular weight excluding hydrogens is 335 g/mol. The van der Waals surface area contributed by atoms with Crippen LogP contribution >= 0.6 is 0 Å². The summed E-state index contributed by atoms with van der Waals surface area (Å²) in [5.41, 5.74) is 2.04. The molecule has 0 bridgehead atoms. The van der Waals surface area contributed by atoms with Gasteiger partial charge >= 0.3 is 0 Å². The fraction of sp³-hybridized carbons (Fsp3) is 0.105. The molecule has 0 saturated heterocycles. The second kappa shape index (κ2) is 6.79. The Bertz CT molecular complexity index is 1070. The molecule has 2 aromatic carbocycles. The minimum atomic E-state index is -0.341. The second-order valence-corrected chi connectivity index (χ2v) is 5.83. The minimum absolute atomic E-state index is 0.110. The van der Waals surface area contributed by atoms with Gasteiger partial charge in [-0.1, -0.05) is 35.5 Å². The van der Waals surface area contributed by atoms with Crippen LogP contribution in [-0.2, 0) is 17.9 Å². The summed E-state index contributed by atoms with van der Waals surface area (Å²) < 4.78 is 20.1. The maximum Gasteiger partial charge on any atom is 0.242 e. The Hall–Kier alpha value is -3.48. The van der Waals surface area contributed by atoms with E-state index in [0.717, 1.165) is 10.9 Å². The third-order valence-corrected chi connectivity index (χ3v) is 3.98. The lowest BCUT2D eigenvalue weighted by atomic mass is 10.1. The molecule has 0 atom stereocenters. The molecule has 130 valence electrons. The molecular formula is C19H15FN4O2. The summed E-state index contributed by atoms with van der Waals surface area (Å²) in [6.07, 6.45) is 1.73. The average molecular weight is 350 g/mol. The van der Waals surface area contributed by atoms with Crippen molar-refractivity contribution in [3.63, 3.8) is 0 Å². The number of nitrogens with one attached hydrogen (secondary N) is 1. The molecule has 1 N–H and O–H groups in total. The molecule has 0 aliphatic carbocycles. The van der Waals surface area contributed by atoms with Crippen LogP contribution in [0.4, 0.5) is 4.39 Å². The monoisotopic (exact) mass is 350 g/mol. The zero-order chi connectivity index (χ0) is 17.9. The quantitative estimate of drug-likeness (QED) is 0.600. The molecule has 0 aliphatic rings. The van der Waals surface area contributed by atoms with E-state index >= 15 is 0 Å². The van der Waals surface area contributed by atoms with Gasteiger partial charge in [-0.15, -0.1) is 0 Å². The van der Waals surface area contributed by atoms with Crippen LogP contribution in [-0.4, -0.2) is 20.8 Å². The Morgan fingerprint density at radius 2 is 2.04 bits per heavy atom. The zero-order valence-electron chi connectivity index (χ0n) is 13.7. The van der Waals surface area contributed by atoms with Gasteiger partial charge in [-0.2, -0.15) is 5.10 Å². The van der Waals surface area contributed by atoms with Gasteiger partial charge in [-0.25, -0.2) is 4.39 Å². The molecule has 7 heteroatoms. The molecule has 26 heavy (non-hydrogen) atoms. The van der Waals surface area contributed by atoms with Gasteiger partial charge < -0.3 is 9.84 Å². The van der Waals surface area contributed by atoms with Crippen LogP contribution in [0.5, 0.6) is 0 Å². The van der Waals surface area contributed by atoms with Crippen LogP contribution in [0.3, 0.4) is 0 Å². The van der Waals surface area contributed by atoms with Crippen LogP contribution in [0, 0.1) is 5.82 Å². The van der Waals surface area contributed by atoms with E-state index in [2.05, 4.69) is 15.6 Å². The molecule has 0 unspecified atom stereocenters. The highest BCUT2D eigenvalue weighted by molar-refractivity contribution is 5.81. The van der Waals surface area contributed by atoms with Crippen molar-refractivity contribution in [3.05, 3.63) is 72.4 Å². The largest absolute Gasteiger partial charge is 0.359 e. The van der Waals surface area contributed by atoms with Crippen molar-refractivity contribution in [1.29, 1.82) is 0 Å². The Morgan fingerprint density at radius 3 is 2.92 bits per heavy atom. The molecule has 4 rings (SSSR count). The first-order chi connectivity index (χ1) is 12.7. The number of halogens is 1. The van der Waals surface area contributed by atoms with Gasteiger partial charge in [0.05, 0.1) is 18.3 Å². The number of nitrogens with zero attached hydrogens (tertiary/aromatic N) is 3. The van der Waals surface area contributed by atoms with Gasteiger partial charge in [0.15, 0.2) is 5.76 Å². The number of aromatic nitrogens is 3. The molecule has 4 aromatic rings. The van der Waals surface area contributed by atoms with Gasteiger partial charge in [0.2, 0.25) is 5.91 Å². The second-order valence-electron chi connectivity index (χ2n) is 5.83. The van der Waals surface area contributed by atoms with Gasteiger partial charge in [0.25, 0.3) is 0 Å². The van der Waals surface area contributed by atoms with E-state index in [4.69, 9.17) is 4.52 Å². The smallest absolute Gasteiger partial charge is 0.242 e. The van der Waals surface area contributed by atoms with Gasteiger partial charge in [-0.05, 0) is 18.2 Å². The topological polar surface area (TPSA) is 73.0 Å². The maximum absolute atomic E-state index is 13.3. The maximum atomic E-state index is 13.3. The number of fused-ring (bicyclic) bond motifs is 1. The lowest BCUT2D eigenvalue weighted by Gasteiger charge is -2.04.